The van der Waals surface area contributed by atoms with E-state index in [4.69, 9.17) is 16.3 Å². The molecule has 3 rings (SSSR count). The highest BCUT2D eigenvalue weighted by molar-refractivity contribution is 6.22. The summed E-state index contributed by atoms with van der Waals surface area (Å²) in [6.07, 6.45) is 1.11. The lowest BCUT2D eigenvalue weighted by atomic mass is 9.99. The van der Waals surface area contributed by atoms with Crippen LogP contribution in [0.3, 0.4) is 0 Å². The normalized spacial score (nSPS) is 18.5. The number of alkyl halides is 1. The molecule has 20 heavy (non-hydrogen) atoms. The van der Waals surface area contributed by atoms with Crippen molar-refractivity contribution in [3.05, 3.63) is 64.5 Å². The van der Waals surface area contributed by atoms with Gasteiger partial charge in [0.25, 0.3) is 0 Å². The van der Waals surface area contributed by atoms with Gasteiger partial charge in [0.1, 0.15) is 17.7 Å². The first-order valence-corrected chi connectivity index (χ1v) is 7.17. The van der Waals surface area contributed by atoms with Crippen molar-refractivity contribution in [2.45, 2.75) is 31.7 Å². The molecule has 3 heteroatoms. The topological polar surface area (TPSA) is 9.23 Å². The van der Waals surface area contributed by atoms with E-state index >= 15 is 0 Å². The molecule has 0 N–H and O–H groups in total. The van der Waals surface area contributed by atoms with Gasteiger partial charge in [0.05, 0.1) is 5.38 Å². The van der Waals surface area contributed by atoms with E-state index in [1.807, 2.05) is 32.0 Å². The average molecular weight is 291 g/mol. The van der Waals surface area contributed by atoms with Crippen molar-refractivity contribution in [2.75, 3.05) is 0 Å². The predicted molar refractivity (Wildman–Crippen MR) is 79.1 cm³/mol. The van der Waals surface area contributed by atoms with Crippen molar-refractivity contribution in [2.24, 2.45) is 0 Å². The van der Waals surface area contributed by atoms with Crippen LogP contribution in [-0.4, -0.2) is 6.10 Å². The molecule has 0 aromatic heterocycles. The van der Waals surface area contributed by atoms with E-state index in [0.29, 0.717) is 0 Å². The van der Waals surface area contributed by atoms with Gasteiger partial charge in [-0.1, -0.05) is 18.2 Å². The summed E-state index contributed by atoms with van der Waals surface area (Å²) in [5.74, 6) is 0.685. The molecule has 2 atom stereocenters. The van der Waals surface area contributed by atoms with Crippen LogP contribution >= 0.6 is 11.6 Å². The Bertz CT molecular complexity index is 633. The van der Waals surface area contributed by atoms with Gasteiger partial charge in [0.2, 0.25) is 0 Å². The minimum atomic E-state index is -0.342. The summed E-state index contributed by atoms with van der Waals surface area (Å²) in [4.78, 5) is 0. The Kier molecular flexibility index (Phi) is 3.43. The molecule has 0 saturated carbocycles. The first-order valence-electron chi connectivity index (χ1n) is 6.73. The lowest BCUT2D eigenvalue weighted by molar-refractivity contribution is 0.254. The van der Waals surface area contributed by atoms with Gasteiger partial charge in [-0.15, -0.1) is 11.6 Å². The molecule has 2 unspecified atom stereocenters. The van der Waals surface area contributed by atoms with Crippen molar-refractivity contribution in [3.63, 3.8) is 0 Å². The van der Waals surface area contributed by atoms with Crippen molar-refractivity contribution < 1.29 is 9.13 Å². The lowest BCUT2D eigenvalue weighted by Crippen LogP contribution is -2.05. The average Bonchev–Trinajstić information content (AvgIpc) is 2.75. The van der Waals surface area contributed by atoms with E-state index in [0.717, 1.165) is 28.9 Å². The Morgan fingerprint density at radius 3 is 2.75 bits per heavy atom. The Morgan fingerprint density at radius 1 is 1.20 bits per heavy atom. The molecule has 0 aliphatic carbocycles. The molecule has 0 amide bonds. The summed E-state index contributed by atoms with van der Waals surface area (Å²) in [6.45, 7) is 3.92. The van der Waals surface area contributed by atoms with E-state index in [1.54, 1.807) is 0 Å². The van der Waals surface area contributed by atoms with Crippen LogP contribution in [0.5, 0.6) is 5.75 Å². The zero-order valence-electron chi connectivity index (χ0n) is 11.5. The Balaban J connectivity index is 1.95. The number of aryl methyl sites for hydroxylation is 1. The second-order valence-corrected chi connectivity index (χ2v) is 5.86. The predicted octanol–water partition coefficient (Wildman–Crippen LogP) is 4.79. The van der Waals surface area contributed by atoms with Gasteiger partial charge in [0, 0.05) is 6.42 Å². The first kappa shape index (κ1) is 13.4. The molecule has 1 nitrogen and oxygen atoms in total. The molecule has 2 aromatic carbocycles. The maximum Gasteiger partial charge on any atom is 0.123 e. The number of hydrogen-bond acceptors (Lipinski definition) is 1. The summed E-state index contributed by atoms with van der Waals surface area (Å²) >= 11 is 6.51. The number of rotatable bonds is 2. The highest BCUT2D eigenvalue weighted by atomic mass is 35.5. The molecule has 1 heterocycles. The molecule has 0 spiro atoms. The van der Waals surface area contributed by atoms with Gasteiger partial charge in [-0.3, -0.25) is 0 Å². The molecule has 0 fully saturated rings. The fourth-order valence-corrected chi connectivity index (χ4v) is 2.96. The summed E-state index contributed by atoms with van der Waals surface area (Å²) < 4.78 is 19.2. The molecule has 1 aliphatic rings. The van der Waals surface area contributed by atoms with Crippen LogP contribution in [0.1, 0.15) is 34.6 Å². The standard InChI is InChI=1S/C17H16ClFO/c1-10-5-14(9-15(19)6-10)17(18)12-3-4-16-13(8-12)7-11(2)20-16/h3-6,8-9,11,17H,7H2,1-2H3. The smallest absolute Gasteiger partial charge is 0.123 e. The van der Waals surface area contributed by atoms with E-state index in [9.17, 15) is 4.39 Å². The molecule has 0 saturated heterocycles. The van der Waals surface area contributed by atoms with Gasteiger partial charge < -0.3 is 4.74 Å². The van der Waals surface area contributed by atoms with Crippen LogP contribution in [-0.2, 0) is 6.42 Å². The zero-order chi connectivity index (χ0) is 14.3. The molecule has 0 radical (unpaired) electrons. The third kappa shape index (κ3) is 2.53. The van der Waals surface area contributed by atoms with Gasteiger partial charge in [-0.2, -0.15) is 0 Å². The van der Waals surface area contributed by atoms with E-state index in [1.165, 1.54) is 17.7 Å². The van der Waals surface area contributed by atoms with Gasteiger partial charge in [-0.25, -0.2) is 4.39 Å². The number of fused-ring (bicyclic) bond motifs is 1. The summed E-state index contributed by atoms with van der Waals surface area (Å²) in [5.41, 5.74) is 3.82. The summed E-state index contributed by atoms with van der Waals surface area (Å²) in [7, 11) is 0. The quantitative estimate of drug-likeness (QED) is 0.723. The molecular formula is C17H16ClFO. The summed E-state index contributed by atoms with van der Waals surface area (Å²) in [5, 5.41) is -0.342. The highest BCUT2D eigenvalue weighted by Crippen LogP contribution is 2.35. The van der Waals surface area contributed by atoms with Crippen molar-refractivity contribution in [1.29, 1.82) is 0 Å². The van der Waals surface area contributed by atoms with Gasteiger partial charge >= 0.3 is 0 Å². The van der Waals surface area contributed by atoms with Crippen molar-refractivity contribution in [3.8, 4) is 5.75 Å². The van der Waals surface area contributed by atoms with Gasteiger partial charge in [-0.05, 0) is 54.3 Å². The third-order valence-electron chi connectivity index (χ3n) is 3.57. The molecule has 104 valence electrons. The molecular weight excluding hydrogens is 275 g/mol. The second-order valence-electron chi connectivity index (χ2n) is 5.42. The number of ether oxygens (including phenoxy) is 1. The fourth-order valence-electron chi connectivity index (χ4n) is 2.70. The minimum Gasteiger partial charge on any atom is -0.490 e. The summed E-state index contributed by atoms with van der Waals surface area (Å²) in [6, 6.07) is 10.9. The lowest BCUT2D eigenvalue weighted by Gasteiger charge is -2.12. The minimum absolute atomic E-state index is 0.213. The number of halogens is 2. The van der Waals surface area contributed by atoms with E-state index in [2.05, 4.69) is 6.07 Å². The third-order valence-corrected chi connectivity index (χ3v) is 4.07. The highest BCUT2D eigenvalue weighted by Gasteiger charge is 2.21. The van der Waals surface area contributed by atoms with E-state index in [-0.39, 0.29) is 17.3 Å². The van der Waals surface area contributed by atoms with Crippen LogP contribution < -0.4 is 4.74 Å². The Morgan fingerprint density at radius 2 is 2.00 bits per heavy atom. The number of benzene rings is 2. The van der Waals surface area contributed by atoms with Crippen LogP contribution in [0, 0.1) is 12.7 Å². The first-order chi connectivity index (χ1) is 9.52. The van der Waals surface area contributed by atoms with Crippen LogP contribution in [0.2, 0.25) is 0 Å². The van der Waals surface area contributed by atoms with Crippen molar-refractivity contribution >= 4 is 11.6 Å². The monoisotopic (exact) mass is 290 g/mol. The number of hydrogen-bond donors (Lipinski definition) is 0. The van der Waals surface area contributed by atoms with Gasteiger partial charge in [0.15, 0.2) is 0 Å². The van der Waals surface area contributed by atoms with Crippen LogP contribution in [0.4, 0.5) is 4.39 Å². The molecule has 2 aromatic rings. The molecule has 0 bridgehead atoms. The Hall–Kier alpha value is -1.54. The largest absolute Gasteiger partial charge is 0.490 e. The SMILES string of the molecule is Cc1cc(F)cc(C(Cl)c2ccc3c(c2)CC(C)O3)c1. The zero-order valence-corrected chi connectivity index (χ0v) is 12.2. The second kappa shape index (κ2) is 5.10. The molecule has 1 aliphatic heterocycles. The van der Waals surface area contributed by atoms with Crippen LogP contribution in [0.25, 0.3) is 0 Å². The Labute approximate surface area is 123 Å². The fraction of sp³-hybridized carbons (Fsp3) is 0.294. The van der Waals surface area contributed by atoms with Crippen molar-refractivity contribution in [1.82, 2.24) is 0 Å². The maximum absolute atomic E-state index is 13.5. The van der Waals surface area contributed by atoms with E-state index < -0.39 is 0 Å². The van der Waals surface area contributed by atoms with Crippen LogP contribution in [0.15, 0.2) is 36.4 Å². The maximum atomic E-state index is 13.5.